The van der Waals surface area contributed by atoms with Crippen molar-refractivity contribution in [3.05, 3.63) is 59.4 Å². The van der Waals surface area contributed by atoms with Gasteiger partial charge in [-0.15, -0.1) is 0 Å². The van der Waals surface area contributed by atoms with Crippen molar-refractivity contribution < 1.29 is 23.4 Å². The number of benzene rings is 2. The summed E-state index contributed by atoms with van der Waals surface area (Å²) < 4.78 is 30.8. The van der Waals surface area contributed by atoms with Crippen LogP contribution in [0, 0.1) is 5.82 Å². The van der Waals surface area contributed by atoms with Crippen LogP contribution in [0.3, 0.4) is 0 Å². The summed E-state index contributed by atoms with van der Waals surface area (Å²) in [6.45, 7) is 3.09. The Kier molecular flexibility index (Phi) is 6.96. The van der Waals surface area contributed by atoms with Crippen LogP contribution in [0.5, 0.6) is 11.5 Å². The lowest BCUT2D eigenvalue weighted by Crippen LogP contribution is -2.45. The van der Waals surface area contributed by atoms with E-state index in [4.69, 9.17) is 14.2 Å². The van der Waals surface area contributed by atoms with Crippen LogP contribution in [-0.4, -0.2) is 56.4 Å². The summed E-state index contributed by atoms with van der Waals surface area (Å²) in [5.74, 6) is 1.01. The number of amides is 1. The molecule has 7 heteroatoms. The van der Waals surface area contributed by atoms with Crippen molar-refractivity contribution in [2.45, 2.75) is 43.9 Å². The second-order valence-electron chi connectivity index (χ2n) is 8.60. The lowest BCUT2D eigenvalue weighted by molar-refractivity contribution is -0.0765. The Morgan fingerprint density at radius 1 is 1.12 bits per heavy atom. The van der Waals surface area contributed by atoms with E-state index in [9.17, 15) is 9.18 Å². The molecule has 1 amide bonds. The Labute approximate surface area is 188 Å². The zero-order valence-corrected chi connectivity index (χ0v) is 18.7. The number of halogens is 1. The molecule has 2 saturated heterocycles. The third kappa shape index (κ3) is 5.05. The largest absolute Gasteiger partial charge is 0.496 e. The molecule has 2 heterocycles. The van der Waals surface area contributed by atoms with Crippen molar-refractivity contribution in [3.63, 3.8) is 0 Å². The van der Waals surface area contributed by atoms with E-state index in [1.54, 1.807) is 26.4 Å². The summed E-state index contributed by atoms with van der Waals surface area (Å²) in [4.78, 5) is 14.7. The van der Waals surface area contributed by atoms with Crippen LogP contribution >= 0.6 is 0 Å². The highest BCUT2D eigenvalue weighted by Crippen LogP contribution is 2.40. The fourth-order valence-corrected chi connectivity index (χ4v) is 4.77. The first-order valence-corrected chi connectivity index (χ1v) is 11.2. The molecule has 0 saturated carbocycles. The van der Waals surface area contributed by atoms with Gasteiger partial charge in [0.25, 0.3) is 5.91 Å². The standard InChI is InChI=1S/C25H31FN2O4/c1-30-22-7-4-8-23(31-2)21(22)17-28-13-11-25(12-14-28)10-9-20(32-25)16-27-24(29)18-5-3-6-19(26)15-18/h3-8,15,20H,9-14,16-17H2,1-2H3,(H,27,29). The third-order valence-electron chi connectivity index (χ3n) is 6.59. The second kappa shape index (κ2) is 9.88. The monoisotopic (exact) mass is 442 g/mol. The van der Waals surface area contributed by atoms with E-state index in [1.807, 2.05) is 18.2 Å². The summed E-state index contributed by atoms with van der Waals surface area (Å²) in [6, 6.07) is 11.6. The molecule has 32 heavy (non-hydrogen) atoms. The van der Waals surface area contributed by atoms with Crippen molar-refractivity contribution in [3.8, 4) is 11.5 Å². The van der Waals surface area contributed by atoms with Gasteiger partial charge in [0.05, 0.1) is 31.5 Å². The molecule has 2 fully saturated rings. The Morgan fingerprint density at radius 2 is 1.81 bits per heavy atom. The van der Waals surface area contributed by atoms with Gasteiger partial charge >= 0.3 is 0 Å². The number of hydrogen-bond acceptors (Lipinski definition) is 5. The molecule has 0 aromatic heterocycles. The lowest BCUT2D eigenvalue weighted by Gasteiger charge is -2.39. The first kappa shape index (κ1) is 22.6. The summed E-state index contributed by atoms with van der Waals surface area (Å²) in [6.07, 6.45) is 3.83. The molecular weight excluding hydrogens is 411 g/mol. The molecule has 2 aromatic carbocycles. The van der Waals surface area contributed by atoms with Gasteiger partial charge in [0.15, 0.2) is 0 Å². The number of piperidine rings is 1. The fourth-order valence-electron chi connectivity index (χ4n) is 4.77. The van der Waals surface area contributed by atoms with Crippen LogP contribution in [0.4, 0.5) is 4.39 Å². The van der Waals surface area contributed by atoms with Gasteiger partial charge < -0.3 is 19.5 Å². The van der Waals surface area contributed by atoms with E-state index < -0.39 is 5.82 Å². The number of hydrogen-bond donors (Lipinski definition) is 1. The van der Waals surface area contributed by atoms with Crippen LogP contribution in [0.2, 0.25) is 0 Å². The molecule has 172 valence electrons. The molecular formula is C25H31FN2O4. The van der Waals surface area contributed by atoms with Crippen LogP contribution in [0.1, 0.15) is 41.6 Å². The maximum absolute atomic E-state index is 13.3. The predicted octanol–water partition coefficient (Wildman–Crippen LogP) is 3.79. The number of methoxy groups -OCH3 is 2. The van der Waals surface area contributed by atoms with E-state index in [-0.39, 0.29) is 17.6 Å². The molecule has 4 rings (SSSR count). The normalized spacial score (nSPS) is 20.3. The first-order valence-electron chi connectivity index (χ1n) is 11.2. The van der Waals surface area contributed by atoms with E-state index in [1.165, 1.54) is 12.1 Å². The number of ether oxygens (including phenoxy) is 3. The molecule has 2 aliphatic heterocycles. The number of rotatable bonds is 7. The molecule has 1 N–H and O–H groups in total. The predicted molar refractivity (Wildman–Crippen MR) is 120 cm³/mol. The maximum atomic E-state index is 13.3. The Morgan fingerprint density at radius 3 is 2.47 bits per heavy atom. The van der Waals surface area contributed by atoms with Crippen LogP contribution in [-0.2, 0) is 11.3 Å². The van der Waals surface area contributed by atoms with E-state index >= 15 is 0 Å². The van der Waals surface area contributed by atoms with Gasteiger partial charge in [0, 0.05) is 31.7 Å². The summed E-state index contributed by atoms with van der Waals surface area (Å²) in [7, 11) is 3.37. The topological polar surface area (TPSA) is 60.0 Å². The fraction of sp³-hybridized carbons (Fsp3) is 0.480. The number of carbonyl (C=O) groups excluding carboxylic acids is 1. The van der Waals surface area contributed by atoms with Gasteiger partial charge in [-0.3, -0.25) is 9.69 Å². The van der Waals surface area contributed by atoms with Crippen LogP contribution in [0.25, 0.3) is 0 Å². The van der Waals surface area contributed by atoms with Crippen molar-refractivity contribution in [1.82, 2.24) is 10.2 Å². The second-order valence-corrected chi connectivity index (χ2v) is 8.60. The highest BCUT2D eigenvalue weighted by molar-refractivity contribution is 5.94. The molecule has 0 bridgehead atoms. The smallest absolute Gasteiger partial charge is 0.251 e. The van der Waals surface area contributed by atoms with Gasteiger partial charge in [-0.25, -0.2) is 4.39 Å². The number of carbonyl (C=O) groups is 1. The SMILES string of the molecule is COc1cccc(OC)c1CN1CCC2(CCC(CNC(=O)c3cccc(F)c3)O2)CC1. The summed E-state index contributed by atoms with van der Waals surface area (Å²) in [5.41, 5.74) is 1.28. The van der Waals surface area contributed by atoms with Crippen molar-refractivity contribution in [2.24, 2.45) is 0 Å². The van der Waals surface area contributed by atoms with Gasteiger partial charge in [0.1, 0.15) is 17.3 Å². The molecule has 1 unspecified atom stereocenters. The van der Waals surface area contributed by atoms with Gasteiger partial charge in [0.2, 0.25) is 0 Å². The zero-order valence-electron chi connectivity index (χ0n) is 18.7. The minimum Gasteiger partial charge on any atom is -0.496 e. The average Bonchev–Trinajstić information content (AvgIpc) is 3.21. The van der Waals surface area contributed by atoms with Gasteiger partial charge in [-0.05, 0) is 56.0 Å². The Bertz CT molecular complexity index is 921. The van der Waals surface area contributed by atoms with E-state index in [2.05, 4.69) is 10.2 Å². The highest BCUT2D eigenvalue weighted by atomic mass is 19.1. The first-order chi connectivity index (χ1) is 15.5. The number of likely N-dealkylation sites (tertiary alicyclic amines) is 1. The lowest BCUT2D eigenvalue weighted by atomic mass is 9.88. The Balaban J connectivity index is 1.28. The van der Waals surface area contributed by atoms with E-state index in [0.29, 0.717) is 12.1 Å². The third-order valence-corrected chi connectivity index (χ3v) is 6.59. The Hall–Kier alpha value is -2.64. The van der Waals surface area contributed by atoms with Gasteiger partial charge in [-0.1, -0.05) is 12.1 Å². The molecule has 6 nitrogen and oxygen atoms in total. The molecule has 2 aromatic rings. The molecule has 0 aliphatic carbocycles. The minimum atomic E-state index is -0.411. The quantitative estimate of drug-likeness (QED) is 0.707. The van der Waals surface area contributed by atoms with E-state index in [0.717, 1.165) is 62.4 Å². The molecule has 1 spiro atoms. The highest BCUT2D eigenvalue weighted by Gasteiger charge is 2.42. The van der Waals surface area contributed by atoms with Crippen molar-refractivity contribution in [1.29, 1.82) is 0 Å². The zero-order chi connectivity index (χ0) is 22.6. The average molecular weight is 443 g/mol. The van der Waals surface area contributed by atoms with Crippen LogP contribution < -0.4 is 14.8 Å². The summed E-state index contributed by atoms with van der Waals surface area (Å²) in [5, 5.41) is 2.89. The molecule has 1 atom stereocenters. The maximum Gasteiger partial charge on any atom is 0.251 e. The minimum absolute atomic E-state index is 0.00614. The van der Waals surface area contributed by atoms with Crippen molar-refractivity contribution in [2.75, 3.05) is 33.9 Å². The molecule has 0 radical (unpaired) electrons. The molecule has 2 aliphatic rings. The number of nitrogens with one attached hydrogen (secondary N) is 1. The summed E-state index contributed by atoms with van der Waals surface area (Å²) >= 11 is 0. The van der Waals surface area contributed by atoms with Crippen molar-refractivity contribution >= 4 is 5.91 Å². The number of nitrogens with zero attached hydrogens (tertiary/aromatic N) is 1. The van der Waals surface area contributed by atoms with Gasteiger partial charge in [-0.2, -0.15) is 0 Å². The van der Waals surface area contributed by atoms with Crippen LogP contribution in [0.15, 0.2) is 42.5 Å².